The summed E-state index contributed by atoms with van der Waals surface area (Å²) in [6.45, 7) is 4.71. The molecule has 0 fully saturated rings. The molecule has 126 valence electrons. The van der Waals surface area contributed by atoms with Crippen LogP contribution in [0.5, 0.6) is 0 Å². The van der Waals surface area contributed by atoms with Gasteiger partial charge in [0.2, 0.25) is 0 Å². The average Bonchev–Trinajstić information content (AvgIpc) is 2.53. The van der Waals surface area contributed by atoms with Crippen LogP contribution in [0.15, 0.2) is 21.7 Å². The number of aromatic nitrogens is 4. The van der Waals surface area contributed by atoms with Gasteiger partial charge in [0.15, 0.2) is 11.5 Å². The predicted molar refractivity (Wildman–Crippen MR) is 92.3 cm³/mol. The molecule has 0 radical (unpaired) electrons. The van der Waals surface area contributed by atoms with Crippen molar-refractivity contribution in [1.29, 1.82) is 0 Å². The average molecular weight is 328 g/mol. The first-order valence-corrected chi connectivity index (χ1v) is 7.80. The van der Waals surface area contributed by atoms with Crippen molar-refractivity contribution in [3.8, 4) is 11.5 Å². The molecule has 1 aromatic carbocycles. The minimum Gasteiger partial charge on any atom is -0.330 e. The van der Waals surface area contributed by atoms with Gasteiger partial charge in [0.25, 0.3) is 5.56 Å². The summed E-state index contributed by atoms with van der Waals surface area (Å²) in [6, 6.07) is 3.71. The molecular weight excluding hydrogens is 308 g/mol. The predicted octanol–water partition coefficient (Wildman–Crippen LogP) is 0.0500. The van der Waals surface area contributed by atoms with E-state index in [4.69, 9.17) is 11.5 Å². The highest BCUT2D eigenvalue weighted by molar-refractivity contribution is 5.81. The van der Waals surface area contributed by atoms with Crippen LogP contribution in [0.2, 0.25) is 0 Å². The lowest BCUT2D eigenvalue weighted by Gasteiger charge is -2.24. The number of nitrogens with two attached hydrogens (primary N) is 2. The number of aromatic amines is 1. The third-order valence-corrected chi connectivity index (χ3v) is 4.30. The van der Waals surface area contributed by atoms with Crippen molar-refractivity contribution in [2.75, 3.05) is 13.1 Å². The van der Waals surface area contributed by atoms with Gasteiger partial charge in [-0.25, -0.2) is 9.78 Å². The maximum atomic E-state index is 12.2. The van der Waals surface area contributed by atoms with E-state index in [0.717, 1.165) is 16.6 Å². The Labute approximate surface area is 137 Å². The quantitative estimate of drug-likeness (QED) is 0.580. The Bertz CT molecular complexity index is 990. The lowest BCUT2D eigenvalue weighted by Crippen LogP contribution is -2.32. The Balaban J connectivity index is 2.52. The molecule has 8 nitrogen and oxygen atoms in total. The van der Waals surface area contributed by atoms with Gasteiger partial charge >= 0.3 is 5.69 Å². The first kappa shape index (κ1) is 16.3. The van der Waals surface area contributed by atoms with Crippen molar-refractivity contribution >= 4 is 11.0 Å². The van der Waals surface area contributed by atoms with Crippen molar-refractivity contribution in [2.45, 2.75) is 26.3 Å². The van der Waals surface area contributed by atoms with Crippen LogP contribution in [0.3, 0.4) is 0 Å². The minimum absolute atomic E-state index is 0.126. The molecule has 8 heteroatoms. The number of nitrogens with zero attached hydrogens (tertiary/aromatic N) is 3. The Morgan fingerprint density at radius 2 is 1.88 bits per heavy atom. The molecule has 0 saturated carbocycles. The number of nitrogens with one attached hydrogen (secondary N) is 1. The fourth-order valence-corrected chi connectivity index (χ4v) is 2.92. The van der Waals surface area contributed by atoms with E-state index < -0.39 is 11.2 Å². The number of hydrogen-bond donors (Lipinski definition) is 3. The van der Waals surface area contributed by atoms with Crippen LogP contribution >= 0.6 is 0 Å². The van der Waals surface area contributed by atoms with E-state index in [0.29, 0.717) is 25.0 Å². The highest BCUT2D eigenvalue weighted by Gasteiger charge is 2.23. The van der Waals surface area contributed by atoms with Crippen LogP contribution in [0, 0.1) is 13.8 Å². The van der Waals surface area contributed by atoms with Crippen molar-refractivity contribution in [1.82, 2.24) is 19.5 Å². The van der Waals surface area contributed by atoms with Gasteiger partial charge in [-0.3, -0.25) is 9.78 Å². The van der Waals surface area contributed by atoms with E-state index in [9.17, 15) is 9.59 Å². The van der Waals surface area contributed by atoms with Gasteiger partial charge in [0.05, 0.1) is 11.0 Å². The molecule has 0 aromatic heterocycles. The Morgan fingerprint density at radius 1 is 1.17 bits per heavy atom. The molecule has 24 heavy (non-hydrogen) atoms. The third kappa shape index (κ3) is 2.59. The van der Waals surface area contributed by atoms with Crippen LogP contribution in [-0.2, 0) is 0 Å². The van der Waals surface area contributed by atoms with Crippen molar-refractivity contribution in [3.05, 3.63) is 44.1 Å². The highest BCUT2D eigenvalue weighted by Crippen LogP contribution is 2.27. The summed E-state index contributed by atoms with van der Waals surface area (Å²) in [6.07, 6.45) is 0.602. The second kappa shape index (κ2) is 6.14. The summed E-state index contributed by atoms with van der Waals surface area (Å²) in [5, 5.41) is 0. The molecule has 1 atom stereocenters. The maximum absolute atomic E-state index is 12.2. The zero-order valence-corrected chi connectivity index (χ0v) is 13.7. The van der Waals surface area contributed by atoms with Gasteiger partial charge in [-0.05, 0) is 50.1 Å². The van der Waals surface area contributed by atoms with Crippen molar-refractivity contribution < 1.29 is 0 Å². The molecule has 2 heterocycles. The molecule has 0 bridgehead atoms. The first-order valence-electron chi connectivity index (χ1n) is 7.80. The van der Waals surface area contributed by atoms with Gasteiger partial charge < -0.3 is 16.0 Å². The minimum atomic E-state index is -0.699. The summed E-state index contributed by atoms with van der Waals surface area (Å²) in [5.41, 5.74) is 14.1. The van der Waals surface area contributed by atoms with Crippen LogP contribution in [0.4, 0.5) is 0 Å². The zero-order chi connectivity index (χ0) is 17.4. The normalized spacial score (nSPS) is 12.8. The number of aryl methyl sites for hydroxylation is 2. The second-order valence-electron chi connectivity index (χ2n) is 5.92. The SMILES string of the molecule is Cc1cc2nc3c(=O)[nH]c(=O)nc-3n(C(CN)CCN)c2cc1C. The molecular formula is C16H20N6O2. The zero-order valence-electron chi connectivity index (χ0n) is 13.7. The molecule has 0 saturated heterocycles. The summed E-state index contributed by atoms with van der Waals surface area (Å²) in [5.74, 6) is 0.239. The van der Waals surface area contributed by atoms with Gasteiger partial charge in [0.1, 0.15) is 0 Å². The molecule has 2 aliphatic rings. The molecule has 0 spiro atoms. The fraction of sp³-hybridized carbons (Fsp3) is 0.375. The van der Waals surface area contributed by atoms with Crippen molar-refractivity contribution in [3.63, 3.8) is 0 Å². The number of fused-ring (bicyclic) bond motifs is 2. The molecule has 5 N–H and O–H groups in total. The van der Waals surface area contributed by atoms with E-state index in [2.05, 4.69) is 15.0 Å². The van der Waals surface area contributed by atoms with E-state index >= 15 is 0 Å². The van der Waals surface area contributed by atoms with Gasteiger partial charge in [-0.15, -0.1) is 0 Å². The fourth-order valence-electron chi connectivity index (χ4n) is 2.92. The standard InChI is InChI=1S/C16H20N6O2/c1-8-5-11-12(6-9(8)2)22(10(7-18)3-4-17)14-13(19-11)15(23)21-16(24)20-14/h5-6,10H,3-4,7,17-18H2,1-2H3,(H,21,23,24). The number of H-pyrrole nitrogens is 1. The molecule has 0 amide bonds. The van der Waals surface area contributed by atoms with E-state index in [1.165, 1.54) is 0 Å². The maximum Gasteiger partial charge on any atom is 0.349 e. The van der Waals surface area contributed by atoms with Crippen LogP contribution in [0.25, 0.3) is 22.6 Å². The lowest BCUT2D eigenvalue weighted by molar-refractivity contribution is 0.490. The van der Waals surface area contributed by atoms with Gasteiger partial charge in [-0.1, -0.05) is 0 Å². The Kier molecular flexibility index (Phi) is 4.16. The molecule has 0 aliphatic carbocycles. The number of benzene rings is 1. The molecule has 1 aromatic rings. The first-order chi connectivity index (χ1) is 11.5. The van der Waals surface area contributed by atoms with Crippen LogP contribution < -0.4 is 22.7 Å². The summed E-state index contributed by atoms with van der Waals surface area (Å²) >= 11 is 0. The van der Waals surface area contributed by atoms with Gasteiger partial charge in [-0.2, -0.15) is 4.98 Å². The summed E-state index contributed by atoms with van der Waals surface area (Å²) < 4.78 is 1.83. The Hall–Kier alpha value is -2.58. The largest absolute Gasteiger partial charge is 0.349 e. The smallest absolute Gasteiger partial charge is 0.330 e. The molecule has 3 rings (SSSR count). The van der Waals surface area contributed by atoms with Gasteiger partial charge in [0, 0.05) is 12.6 Å². The van der Waals surface area contributed by atoms with Crippen molar-refractivity contribution in [2.24, 2.45) is 11.5 Å². The second-order valence-corrected chi connectivity index (χ2v) is 5.92. The van der Waals surface area contributed by atoms with E-state index in [1.54, 1.807) is 0 Å². The monoisotopic (exact) mass is 328 g/mol. The van der Waals surface area contributed by atoms with E-state index in [1.807, 2.05) is 30.5 Å². The Morgan fingerprint density at radius 3 is 2.54 bits per heavy atom. The third-order valence-electron chi connectivity index (χ3n) is 4.30. The topological polar surface area (TPSA) is 133 Å². The number of hydrogen-bond acceptors (Lipinski definition) is 6. The van der Waals surface area contributed by atoms with E-state index in [-0.39, 0.29) is 17.6 Å². The summed E-state index contributed by atoms with van der Waals surface area (Å²) in [4.78, 5) is 34.5. The van der Waals surface area contributed by atoms with Crippen LogP contribution in [-0.4, -0.2) is 32.6 Å². The highest BCUT2D eigenvalue weighted by atomic mass is 16.2. The van der Waals surface area contributed by atoms with Crippen LogP contribution in [0.1, 0.15) is 23.6 Å². The molecule has 2 aliphatic heterocycles. The summed E-state index contributed by atoms with van der Waals surface area (Å²) in [7, 11) is 0. The molecule has 1 unspecified atom stereocenters. The number of rotatable bonds is 4. The lowest BCUT2D eigenvalue weighted by atomic mass is 10.1.